The summed E-state index contributed by atoms with van der Waals surface area (Å²) in [6.45, 7) is 5.18. The lowest BCUT2D eigenvalue weighted by Crippen LogP contribution is -2.44. The van der Waals surface area contributed by atoms with Crippen LogP contribution in [0.15, 0.2) is 30.3 Å². The number of para-hydroxylation sites is 1. The minimum absolute atomic E-state index is 0.0440. The van der Waals surface area contributed by atoms with Gasteiger partial charge in [-0.25, -0.2) is 13.1 Å². The lowest BCUT2D eigenvalue weighted by atomic mass is 10.1. The Morgan fingerprint density at radius 3 is 2.38 bits per heavy atom. The van der Waals surface area contributed by atoms with Crippen LogP contribution < -0.4 is 14.8 Å². The van der Waals surface area contributed by atoms with Crippen molar-refractivity contribution >= 4 is 15.9 Å². The summed E-state index contributed by atoms with van der Waals surface area (Å²) in [5, 5.41) is 2.51. The number of carbonyl (C=O) groups is 1. The highest BCUT2D eigenvalue weighted by atomic mass is 32.2. The number of hydrogen-bond acceptors (Lipinski definition) is 4. The zero-order valence-corrected chi connectivity index (χ0v) is 13.4. The van der Waals surface area contributed by atoms with Crippen LogP contribution in [-0.2, 0) is 14.8 Å². The monoisotopic (exact) mass is 314 g/mol. The molecule has 0 saturated heterocycles. The summed E-state index contributed by atoms with van der Waals surface area (Å²) in [5.41, 5.74) is -0.529. The average molecular weight is 314 g/mol. The van der Waals surface area contributed by atoms with Crippen LogP contribution in [0.25, 0.3) is 0 Å². The van der Waals surface area contributed by atoms with Crippen LogP contribution in [0.2, 0.25) is 0 Å². The number of hydrogen-bond donors (Lipinski definition) is 2. The normalized spacial score (nSPS) is 12.0. The number of rotatable bonds is 7. The Labute approximate surface area is 125 Å². The number of carbonyl (C=O) groups excluding carboxylic acids is 1. The first-order chi connectivity index (χ1) is 9.68. The van der Waals surface area contributed by atoms with E-state index in [1.54, 1.807) is 45.0 Å². The number of ether oxygens (including phenoxy) is 1. The van der Waals surface area contributed by atoms with Gasteiger partial charge in [0, 0.05) is 12.1 Å². The molecule has 21 heavy (non-hydrogen) atoms. The summed E-state index contributed by atoms with van der Waals surface area (Å²) >= 11 is 0. The van der Waals surface area contributed by atoms with E-state index in [1.165, 1.54) is 0 Å². The fourth-order valence-electron chi connectivity index (χ4n) is 1.56. The van der Waals surface area contributed by atoms with Crippen LogP contribution in [0.3, 0.4) is 0 Å². The molecule has 0 radical (unpaired) electrons. The van der Waals surface area contributed by atoms with Crippen LogP contribution in [0, 0.1) is 0 Å². The van der Waals surface area contributed by atoms with Crippen molar-refractivity contribution in [3.8, 4) is 5.75 Å². The second-order valence-corrected chi connectivity index (χ2v) is 7.46. The first kappa shape index (κ1) is 17.5. The molecule has 0 atom stereocenters. The van der Waals surface area contributed by atoms with Gasteiger partial charge in [-0.05, 0) is 32.9 Å². The van der Waals surface area contributed by atoms with Gasteiger partial charge < -0.3 is 10.1 Å². The third-order valence-electron chi connectivity index (χ3n) is 2.27. The summed E-state index contributed by atoms with van der Waals surface area (Å²) in [7, 11) is -3.41. The second-order valence-electron chi connectivity index (χ2n) is 5.62. The van der Waals surface area contributed by atoms with Gasteiger partial charge in [-0.2, -0.15) is 0 Å². The van der Waals surface area contributed by atoms with E-state index in [-0.39, 0.29) is 24.8 Å². The van der Waals surface area contributed by atoms with Crippen molar-refractivity contribution in [3.63, 3.8) is 0 Å². The summed E-state index contributed by atoms with van der Waals surface area (Å²) in [5.74, 6) is 0.0703. The van der Waals surface area contributed by atoms with Crippen molar-refractivity contribution in [2.45, 2.75) is 26.3 Å². The quantitative estimate of drug-likeness (QED) is 0.783. The van der Waals surface area contributed by atoms with Crippen LogP contribution in [0.4, 0.5) is 0 Å². The maximum Gasteiger partial charge on any atom is 0.257 e. The van der Waals surface area contributed by atoms with Gasteiger partial charge in [0.05, 0.1) is 5.75 Å². The van der Waals surface area contributed by atoms with Crippen molar-refractivity contribution in [2.24, 2.45) is 0 Å². The molecule has 1 aromatic carbocycles. The topological polar surface area (TPSA) is 84.5 Å². The SMILES string of the molecule is CC(C)(C)NS(=O)(=O)CCNC(=O)COc1ccccc1. The number of nitrogens with one attached hydrogen (secondary N) is 2. The molecule has 1 amide bonds. The molecule has 1 aromatic rings. The predicted octanol–water partition coefficient (Wildman–Crippen LogP) is 0.899. The van der Waals surface area contributed by atoms with E-state index in [0.29, 0.717) is 5.75 Å². The minimum atomic E-state index is -3.41. The second kappa shape index (κ2) is 7.42. The van der Waals surface area contributed by atoms with Gasteiger partial charge in [-0.1, -0.05) is 18.2 Å². The molecular formula is C14H22N2O4S. The highest BCUT2D eigenvalue weighted by Gasteiger charge is 2.19. The molecule has 0 unspecified atom stereocenters. The standard InChI is InChI=1S/C14H22N2O4S/c1-14(2,3)16-21(18,19)10-9-15-13(17)11-20-12-7-5-4-6-8-12/h4-8,16H,9-11H2,1-3H3,(H,15,17). The van der Waals surface area contributed by atoms with E-state index in [9.17, 15) is 13.2 Å². The lowest BCUT2D eigenvalue weighted by Gasteiger charge is -2.20. The fourth-order valence-corrected chi connectivity index (χ4v) is 2.96. The highest BCUT2D eigenvalue weighted by molar-refractivity contribution is 7.89. The van der Waals surface area contributed by atoms with Gasteiger partial charge in [0.25, 0.3) is 5.91 Å². The molecule has 0 heterocycles. The van der Waals surface area contributed by atoms with E-state index in [2.05, 4.69) is 10.0 Å². The van der Waals surface area contributed by atoms with Crippen molar-refractivity contribution in [1.82, 2.24) is 10.0 Å². The first-order valence-electron chi connectivity index (χ1n) is 6.64. The maximum absolute atomic E-state index is 11.7. The van der Waals surface area contributed by atoms with Gasteiger partial charge in [0.1, 0.15) is 5.75 Å². The van der Waals surface area contributed by atoms with Gasteiger partial charge in [-0.3, -0.25) is 4.79 Å². The number of amides is 1. The molecule has 1 rings (SSSR count). The van der Waals surface area contributed by atoms with Crippen LogP contribution in [0.5, 0.6) is 5.75 Å². The van der Waals surface area contributed by atoms with Gasteiger partial charge in [-0.15, -0.1) is 0 Å². The van der Waals surface area contributed by atoms with Crippen molar-refractivity contribution in [3.05, 3.63) is 30.3 Å². The largest absolute Gasteiger partial charge is 0.484 e. The molecule has 7 heteroatoms. The zero-order chi connectivity index (χ0) is 15.9. The molecule has 118 valence electrons. The maximum atomic E-state index is 11.7. The van der Waals surface area contributed by atoms with Crippen LogP contribution in [0.1, 0.15) is 20.8 Å². The Morgan fingerprint density at radius 1 is 1.19 bits per heavy atom. The molecule has 0 aromatic heterocycles. The highest BCUT2D eigenvalue weighted by Crippen LogP contribution is 2.07. The van der Waals surface area contributed by atoms with Crippen molar-refractivity contribution < 1.29 is 17.9 Å². The summed E-state index contributed by atoms with van der Waals surface area (Å²) in [4.78, 5) is 11.5. The zero-order valence-electron chi connectivity index (χ0n) is 12.5. The van der Waals surface area contributed by atoms with Gasteiger partial charge >= 0.3 is 0 Å². The van der Waals surface area contributed by atoms with E-state index in [4.69, 9.17) is 4.74 Å². The molecule has 0 aliphatic heterocycles. The van der Waals surface area contributed by atoms with Crippen molar-refractivity contribution in [2.75, 3.05) is 18.9 Å². The summed E-state index contributed by atoms with van der Waals surface area (Å²) < 4.78 is 31.2. The van der Waals surface area contributed by atoms with E-state index in [1.807, 2.05) is 6.07 Å². The first-order valence-corrected chi connectivity index (χ1v) is 8.29. The molecule has 0 aliphatic carbocycles. The third-order valence-corrected chi connectivity index (χ3v) is 3.93. The molecule has 6 nitrogen and oxygen atoms in total. The molecule has 0 fully saturated rings. The molecule has 0 bridgehead atoms. The van der Waals surface area contributed by atoms with Crippen LogP contribution in [-0.4, -0.2) is 38.8 Å². The Kier molecular flexibility index (Phi) is 6.17. The number of benzene rings is 1. The Hall–Kier alpha value is -1.60. The molecule has 2 N–H and O–H groups in total. The molecule has 0 saturated carbocycles. The summed E-state index contributed by atoms with van der Waals surface area (Å²) in [6, 6.07) is 8.94. The Balaban J connectivity index is 2.28. The van der Waals surface area contributed by atoms with Gasteiger partial charge in [0.15, 0.2) is 6.61 Å². The van der Waals surface area contributed by atoms with E-state index < -0.39 is 15.6 Å². The van der Waals surface area contributed by atoms with E-state index >= 15 is 0 Å². The molecule has 0 spiro atoms. The molecule has 0 aliphatic rings. The Morgan fingerprint density at radius 2 is 1.81 bits per heavy atom. The lowest BCUT2D eigenvalue weighted by molar-refractivity contribution is -0.122. The summed E-state index contributed by atoms with van der Waals surface area (Å²) in [6.07, 6.45) is 0. The van der Waals surface area contributed by atoms with Crippen molar-refractivity contribution in [1.29, 1.82) is 0 Å². The van der Waals surface area contributed by atoms with Gasteiger partial charge in [0.2, 0.25) is 10.0 Å². The van der Waals surface area contributed by atoms with E-state index in [0.717, 1.165) is 0 Å². The number of sulfonamides is 1. The smallest absolute Gasteiger partial charge is 0.257 e. The molecular weight excluding hydrogens is 292 g/mol. The Bertz CT molecular complexity index is 550. The fraction of sp³-hybridized carbons (Fsp3) is 0.500. The third kappa shape index (κ3) is 8.31. The average Bonchev–Trinajstić information content (AvgIpc) is 2.34. The van der Waals surface area contributed by atoms with Crippen LogP contribution >= 0.6 is 0 Å². The predicted molar refractivity (Wildman–Crippen MR) is 81.6 cm³/mol. The minimum Gasteiger partial charge on any atom is -0.484 e.